The first-order valence-corrected chi connectivity index (χ1v) is 7.46. The van der Waals surface area contributed by atoms with Crippen LogP contribution in [0.3, 0.4) is 0 Å². The minimum absolute atomic E-state index is 0.319. The van der Waals surface area contributed by atoms with E-state index in [1.807, 2.05) is 17.9 Å². The van der Waals surface area contributed by atoms with Crippen LogP contribution in [0.15, 0.2) is 18.3 Å². The highest BCUT2D eigenvalue weighted by atomic mass is 16.4. The molecule has 1 atom stereocenters. The minimum Gasteiger partial charge on any atom is -0.481 e. The monoisotopic (exact) mass is 318 g/mol. The number of hydrogen-bond donors (Lipinski definition) is 3. The molecule has 0 bridgehead atoms. The molecule has 1 fully saturated rings. The van der Waals surface area contributed by atoms with Gasteiger partial charge in [-0.2, -0.15) is 0 Å². The zero-order valence-corrected chi connectivity index (χ0v) is 12.7. The van der Waals surface area contributed by atoms with Gasteiger partial charge in [0.1, 0.15) is 5.82 Å². The number of rotatable bonds is 4. The van der Waals surface area contributed by atoms with E-state index in [2.05, 4.69) is 20.7 Å². The van der Waals surface area contributed by atoms with Crippen molar-refractivity contribution >= 4 is 29.3 Å². The fourth-order valence-corrected chi connectivity index (χ4v) is 2.59. The lowest BCUT2D eigenvalue weighted by atomic mass is 10.1. The van der Waals surface area contributed by atoms with Crippen LogP contribution in [0.1, 0.15) is 13.3 Å². The van der Waals surface area contributed by atoms with Gasteiger partial charge in [-0.25, -0.2) is 14.3 Å². The topological polar surface area (TPSA) is 112 Å². The molecule has 3 rings (SSSR count). The van der Waals surface area contributed by atoms with Gasteiger partial charge in [0.25, 0.3) is 0 Å². The van der Waals surface area contributed by atoms with Crippen LogP contribution in [-0.4, -0.2) is 51.3 Å². The van der Waals surface area contributed by atoms with Crippen LogP contribution in [0.25, 0.3) is 5.65 Å². The van der Waals surface area contributed by atoms with Crippen LogP contribution in [-0.2, 0) is 4.79 Å². The highest BCUT2D eigenvalue weighted by Gasteiger charge is 2.28. The van der Waals surface area contributed by atoms with Crippen molar-refractivity contribution in [1.29, 1.82) is 0 Å². The molecule has 122 valence electrons. The number of fused-ring (bicyclic) bond motifs is 1. The minimum atomic E-state index is -0.773. The van der Waals surface area contributed by atoms with Crippen molar-refractivity contribution in [2.24, 2.45) is 5.92 Å². The van der Waals surface area contributed by atoms with Crippen LogP contribution in [0.2, 0.25) is 0 Å². The summed E-state index contributed by atoms with van der Waals surface area (Å²) in [7, 11) is 0. The molecule has 3 N–H and O–H groups in total. The smallest absolute Gasteiger partial charge is 0.320 e. The molecule has 0 aromatic carbocycles. The molecule has 23 heavy (non-hydrogen) atoms. The number of carboxylic acids is 1. The molecule has 0 spiro atoms. The van der Waals surface area contributed by atoms with E-state index in [0.29, 0.717) is 43.3 Å². The Labute approximate surface area is 132 Å². The molecule has 2 amide bonds. The van der Waals surface area contributed by atoms with Crippen LogP contribution < -0.4 is 15.5 Å². The normalized spacial score (nSPS) is 17.4. The number of hydrogen-bond acceptors (Lipinski definition) is 5. The van der Waals surface area contributed by atoms with Crippen molar-refractivity contribution in [3.05, 3.63) is 18.3 Å². The van der Waals surface area contributed by atoms with Crippen molar-refractivity contribution in [3.63, 3.8) is 0 Å². The average Bonchev–Trinajstić information content (AvgIpc) is 3.12. The number of aromatic nitrogens is 3. The first kappa shape index (κ1) is 15.1. The van der Waals surface area contributed by atoms with E-state index in [4.69, 9.17) is 5.11 Å². The third-order valence-electron chi connectivity index (χ3n) is 3.75. The van der Waals surface area contributed by atoms with Crippen molar-refractivity contribution in [1.82, 2.24) is 19.9 Å². The van der Waals surface area contributed by atoms with Gasteiger partial charge in [0.2, 0.25) is 0 Å². The standard InChI is InChI=1S/C14H18N6O3/c1-2-15-14(23)17-10-8-20-11(16-10)3-4-12(18-20)19-6-5-9(7-19)13(21)22/h3-4,8-9H,2,5-7H2,1H3,(H,21,22)(H2,15,17,23). The maximum atomic E-state index is 11.5. The number of aliphatic carboxylic acids is 1. The zero-order chi connectivity index (χ0) is 16.4. The molecule has 1 unspecified atom stereocenters. The van der Waals surface area contributed by atoms with E-state index in [0.717, 1.165) is 0 Å². The van der Waals surface area contributed by atoms with Crippen molar-refractivity contribution in [2.45, 2.75) is 13.3 Å². The number of carbonyl (C=O) groups is 2. The fourth-order valence-electron chi connectivity index (χ4n) is 2.59. The van der Waals surface area contributed by atoms with E-state index in [1.54, 1.807) is 16.8 Å². The quantitative estimate of drug-likeness (QED) is 0.768. The van der Waals surface area contributed by atoms with Gasteiger partial charge in [-0.3, -0.25) is 10.1 Å². The predicted molar refractivity (Wildman–Crippen MR) is 83.6 cm³/mol. The summed E-state index contributed by atoms with van der Waals surface area (Å²) in [6, 6.07) is 3.28. The van der Waals surface area contributed by atoms with Gasteiger partial charge in [-0.05, 0) is 25.5 Å². The first-order chi connectivity index (χ1) is 11.1. The molecule has 0 aliphatic carbocycles. The number of anilines is 2. The van der Waals surface area contributed by atoms with Crippen LogP contribution in [0, 0.1) is 5.92 Å². The summed E-state index contributed by atoms with van der Waals surface area (Å²) >= 11 is 0. The molecule has 3 heterocycles. The van der Waals surface area contributed by atoms with E-state index < -0.39 is 5.97 Å². The van der Waals surface area contributed by atoms with Gasteiger partial charge in [0.05, 0.1) is 12.1 Å². The maximum absolute atomic E-state index is 11.5. The summed E-state index contributed by atoms with van der Waals surface area (Å²) in [5.74, 6) is -0.0245. The predicted octanol–water partition coefficient (Wildman–Crippen LogP) is 0.782. The number of nitrogens with zero attached hydrogens (tertiary/aromatic N) is 4. The largest absolute Gasteiger partial charge is 0.481 e. The SMILES string of the molecule is CCNC(=O)Nc1cn2nc(N3CCC(C(=O)O)C3)ccc2n1. The van der Waals surface area contributed by atoms with E-state index in [1.165, 1.54) is 0 Å². The second-order valence-corrected chi connectivity index (χ2v) is 5.37. The van der Waals surface area contributed by atoms with Gasteiger partial charge < -0.3 is 15.3 Å². The van der Waals surface area contributed by atoms with Crippen LogP contribution >= 0.6 is 0 Å². The zero-order valence-electron chi connectivity index (χ0n) is 12.7. The summed E-state index contributed by atoms with van der Waals surface area (Å²) in [4.78, 5) is 28.8. The molecule has 9 nitrogen and oxygen atoms in total. The lowest BCUT2D eigenvalue weighted by molar-refractivity contribution is -0.140. The number of carbonyl (C=O) groups excluding carboxylic acids is 1. The van der Waals surface area contributed by atoms with E-state index >= 15 is 0 Å². The molecule has 0 saturated carbocycles. The second kappa shape index (κ2) is 6.11. The lowest BCUT2D eigenvalue weighted by Crippen LogP contribution is -2.28. The van der Waals surface area contributed by atoms with Gasteiger partial charge in [-0.1, -0.05) is 0 Å². The molecule has 9 heteroatoms. The first-order valence-electron chi connectivity index (χ1n) is 7.46. The number of urea groups is 1. The summed E-state index contributed by atoms with van der Waals surface area (Å²) < 4.78 is 1.57. The van der Waals surface area contributed by atoms with Gasteiger partial charge >= 0.3 is 12.0 Å². The van der Waals surface area contributed by atoms with Gasteiger partial charge in [0, 0.05) is 19.6 Å². The summed E-state index contributed by atoms with van der Waals surface area (Å²) in [5, 5.41) is 18.8. The van der Waals surface area contributed by atoms with Gasteiger partial charge in [-0.15, -0.1) is 5.10 Å². The van der Waals surface area contributed by atoms with Gasteiger partial charge in [0.15, 0.2) is 11.5 Å². The molecular formula is C14H18N6O3. The Bertz CT molecular complexity index is 743. The van der Waals surface area contributed by atoms with Crippen LogP contribution in [0.4, 0.5) is 16.4 Å². The highest BCUT2D eigenvalue weighted by Crippen LogP contribution is 2.22. The highest BCUT2D eigenvalue weighted by molar-refractivity contribution is 5.88. The third kappa shape index (κ3) is 3.17. The van der Waals surface area contributed by atoms with E-state index in [9.17, 15) is 9.59 Å². The molecular weight excluding hydrogens is 300 g/mol. The Morgan fingerprint density at radius 1 is 1.43 bits per heavy atom. The Kier molecular flexibility index (Phi) is 4.00. The van der Waals surface area contributed by atoms with E-state index in [-0.39, 0.29) is 11.9 Å². The Morgan fingerprint density at radius 2 is 2.26 bits per heavy atom. The number of imidazole rings is 1. The molecule has 2 aromatic heterocycles. The average molecular weight is 318 g/mol. The Hall–Kier alpha value is -2.84. The van der Waals surface area contributed by atoms with Crippen molar-refractivity contribution < 1.29 is 14.7 Å². The summed E-state index contributed by atoms with van der Waals surface area (Å²) in [6.07, 6.45) is 2.24. The summed E-state index contributed by atoms with van der Waals surface area (Å²) in [6.45, 7) is 3.47. The number of amides is 2. The van der Waals surface area contributed by atoms with Crippen LogP contribution in [0.5, 0.6) is 0 Å². The molecule has 2 aromatic rings. The lowest BCUT2D eigenvalue weighted by Gasteiger charge is -2.16. The molecule has 1 aliphatic heterocycles. The third-order valence-corrected chi connectivity index (χ3v) is 3.75. The number of carboxylic acid groups (broad SMARTS) is 1. The maximum Gasteiger partial charge on any atom is 0.320 e. The molecule has 0 radical (unpaired) electrons. The number of nitrogens with one attached hydrogen (secondary N) is 2. The Morgan fingerprint density at radius 3 is 2.96 bits per heavy atom. The van der Waals surface area contributed by atoms with Crippen molar-refractivity contribution in [2.75, 3.05) is 29.9 Å². The molecule has 1 aliphatic rings. The Balaban J connectivity index is 1.77. The van der Waals surface area contributed by atoms with Crippen molar-refractivity contribution in [3.8, 4) is 0 Å². The summed E-state index contributed by atoms with van der Waals surface area (Å²) in [5.41, 5.74) is 0.606. The molecule has 1 saturated heterocycles. The fraction of sp³-hybridized carbons (Fsp3) is 0.429. The second-order valence-electron chi connectivity index (χ2n) is 5.37.